The van der Waals surface area contributed by atoms with E-state index in [-0.39, 0.29) is 19.6 Å². The molecule has 0 bridgehead atoms. The number of urea groups is 1. The van der Waals surface area contributed by atoms with Gasteiger partial charge in [0.1, 0.15) is 11.6 Å². The molecule has 3 heterocycles. The Morgan fingerprint density at radius 2 is 1.57 bits per heavy atom. The first-order valence-electron chi connectivity index (χ1n) is 12.0. The summed E-state index contributed by atoms with van der Waals surface area (Å²) in [6.45, 7) is 8.81. The molecule has 0 saturated carbocycles. The maximum atomic E-state index is 12.9. The number of fused-ring (bicyclic) bond motifs is 1. The number of hydrogen-bond acceptors (Lipinski definition) is 7. The zero-order valence-electron chi connectivity index (χ0n) is 20.5. The van der Waals surface area contributed by atoms with Crippen molar-refractivity contribution in [3.8, 4) is 0 Å². The number of amides is 5. The van der Waals surface area contributed by atoms with Gasteiger partial charge in [0, 0.05) is 45.8 Å². The van der Waals surface area contributed by atoms with E-state index in [9.17, 15) is 19.2 Å². The fourth-order valence-electron chi connectivity index (χ4n) is 4.37. The number of imide groups is 1. The number of rotatable bonds is 4. The van der Waals surface area contributed by atoms with Crippen LogP contribution in [0.25, 0.3) is 0 Å². The predicted molar refractivity (Wildman–Crippen MR) is 125 cm³/mol. The number of hydroxylamine groups is 2. The van der Waals surface area contributed by atoms with Crippen LogP contribution in [0, 0.1) is 0 Å². The third-order valence-electron chi connectivity index (χ3n) is 6.30. The van der Waals surface area contributed by atoms with Crippen molar-refractivity contribution in [3.05, 3.63) is 35.9 Å². The Balaban J connectivity index is 1.26. The molecule has 11 heteroatoms. The van der Waals surface area contributed by atoms with E-state index in [0.29, 0.717) is 31.2 Å². The second-order valence-corrected chi connectivity index (χ2v) is 9.97. The lowest BCUT2D eigenvalue weighted by Gasteiger charge is -2.35. The maximum absolute atomic E-state index is 12.9. The fourth-order valence-corrected chi connectivity index (χ4v) is 4.37. The van der Waals surface area contributed by atoms with Gasteiger partial charge in [-0.15, -0.1) is 0 Å². The fraction of sp³-hybridized carbons (Fsp3) is 0.583. The highest BCUT2D eigenvalue weighted by Crippen LogP contribution is 2.24. The van der Waals surface area contributed by atoms with Crippen LogP contribution in [0.2, 0.25) is 0 Å². The van der Waals surface area contributed by atoms with Crippen molar-refractivity contribution >= 4 is 24.1 Å². The summed E-state index contributed by atoms with van der Waals surface area (Å²) in [4.78, 5) is 62.4. The minimum absolute atomic E-state index is 0.00632. The number of benzene rings is 1. The summed E-state index contributed by atoms with van der Waals surface area (Å²) in [6.07, 6.45) is -0.337. The van der Waals surface area contributed by atoms with Gasteiger partial charge >= 0.3 is 18.2 Å². The number of hydrogen-bond donors (Lipinski definition) is 0. The molecule has 11 nitrogen and oxygen atoms in total. The van der Waals surface area contributed by atoms with E-state index in [1.807, 2.05) is 18.2 Å². The molecule has 0 aromatic heterocycles. The van der Waals surface area contributed by atoms with E-state index in [1.54, 1.807) is 20.8 Å². The highest BCUT2D eigenvalue weighted by molar-refractivity contribution is 6.04. The molecule has 3 aliphatic heterocycles. The molecule has 0 N–H and O–H groups in total. The molecular formula is C24H33N5O6. The summed E-state index contributed by atoms with van der Waals surface area (Å²) < 4.78 is 5.37. The van der Waals surface area contributed by atoms with E-state index >= 15 is 0 Å². The van der Waals surface area contributed by atoms with Crippen LogP contribution < -0.4 is 0 Å². The summed E-state index contributed by atoms with van der Waals surface area (Å²) in [5, 5.41) is 0.535. The standard InChI is InChI=1S/C24H33N5O6/c1-24(2,3)34-22(32)27-15-16-28-19(17-27)20(30)29(21(28)31)35-23(33)26-13-11-25(12-14-26)10-9-18-7-5-4-6-8-18/h4-8,19H,9-17H2,1-3H3. The van der Waals surface area contributed by atoms with Crippen molar-refractivity contribution in [1.29, 1.82) is 0 Å². The van der Waals surface area contributed by atoms with Gasteiger partial charge in [-0.1, -0.05) is 35.4 Å². The molecule has 1 atom stereocenters. The van der Waals surface area contributed by atoms with E-state index in [4.69, 9.17) is 9.57 Å². The molecule has 3 saturated heterocycles. The molecule has 3 aliphatic rings. The molecule has 4 rings (SSSR count). The number of ether oxygens (including phenoxy) is 1. The SMILES string of the molecule is CC(C)(C)OC(=O)N1CCN2C(=O)N(OC(=O)N3CCN(CCc4ccccc4)CC3)C(=O)C2C1. The lowest BCUT2D eigenvalue weighted by molar-refractivity contribution is -0.152. The molecule has 5 amide bonds. The molecule has 3 fully saturated rings. The Hall–Kier alpha value is -3.34. The summed E-state index contributed by atoms with van der Waals surface area (Å²) in [5.41, 5.74) is 0.596. The largest absolute Gasteiger partial charge is 0.444 e. The van der Waals surface area contributed by atoms with Crippen LogP contribution in [0.3, 0.4) is 0 Å². The zero-order chi connectivity index (χ0) is 25.2. The minimum Gasteiger partial charge on any atom is -0.444 e. The topological polar surface area (TPSA) is 103 Å². The summed E-state index contributed by atoms with van der Waals surface area (Å²) in [6, 6.07) is 8.64. The number of piperazine rings is 2. The molecule has 0 radical (unpaired) electrons. The van der Waals surface area contributed by atoms with Crippen molar-refractivity contribution in [2.45, 2.75) is 38.8 Å². The van der Waals surface area contributed by atoms with Crippen LogP contribution in [-0.2, 0) is 20.8 Å². The lowest BCUT2D eigenvalue weighted by Crippen LogP contribution is -2.55. The van der Waals surface area contributed by atoms with Gasteiger partial charge in [-0.05, 0) is 32.8 Å². The van der Waals surface area contributed by atoms with Crippen LogP contribution in [0.1, 0.15) is 26.3 Å². The molecular weight excluding hydrogens is 454 g/mol. The van der Waals surface area contributed by atoms with Gasteiger partial charge in [-0.25, -0.2) is 14.4 Å². The van der Waals surface area contributed by atoms with Crippen LogP contribution in [0.15, 0.2) is 30.3 Å². The molecule has 0 aliphatic carbocycles. The monoisotopic (exact) mass is 487 g/mol. The first-order chi connectivity index (χ1) is 16.6. The molecule has 190 valence electrons. The van der Waals surface area contributed by atoms with Gasteiger partial charge in [-0.3, -0.25) is 9.69 Å². The lowest BCUT2D eigenvalue weighted by atomic mass is 10.1. The van der Waals surface area contributed by atoms with Gasteiger partial charge in [0.15, 0.2) is 0 Å². The van der Waals surface area contributed by atoms with Crippen LogP contribution in [0.5, 0.6) is 0 Å². The van der Waals surface area contributed by atoms with E-state index in [2.05, 4.69) is 17.0 Å². The summed E-state index contributed by atoms with van der Waals surface area (Å²) >= 11 is 0. The van der Waals surface area contributed by atoms with Crippen molar-refractivity contribution in [1.82, 2.24) is 24.7 Å². The van der Waals surface area contributed by atoms with Crippen LogP contribution in [-0.4, -0.2) is 113 Å². The molecule has 0 spiro atoms. The van der Waals surface area contributed by atoms with Crippen molar-refractivity contribution < 1.29 is 28.8 Å². The van der Waals surface area contributed by atoms with E-state index in [1.165, 1.54) is 20.3 Å². The zero-order valence-corrected chi connectivity index (χ0v) is 20.5. The van der Waals surface area contributed by atoms with Gasteiger partial charge in [-0.2, -0.15) is 0 Å². The highest BCUT2D eigenvalue weighted by Gasteiger charge is 2.51. The Kier molecular flexibility index (Phi) is 7.15. The van der Waals surface area contributed by atoms with Gasteiger partial charge in [0.05, 0.1) is 6.54 Å². The van der Waals surface area contributed by atoms with Crippen LogP contribution >= 0.6 is 0 Å². The minimum atomic E-state index is -0.897. The second-order valence-electron chi connectivity index (χ2n) is 9.97. The van der Waals surface area contributed by atoms with Crippen molar-refractivity contribution in [2.75, 3.05) is 52.4 Å². The summed E-state index contributed by atoms with van der Waals surface area (Å²) in [5.74, 6) is -0.655. The third-order valence-corrected chi connectivity index (χ3v) is 6.30. The molecule has 1 aromatic carbocycles. The highest BCUT2D eigenvalue weighted by atomic mass is 16.7. The maximum Gasteiger partial charge on any atom is 0.434 e. The first-order valence-corrected chi connectivity index (χ1v) is 12.0. The molecule has 1 aromatic rings. The number of carbonyl (C=O) groups excluding carboxylic acids is 4. The smallest absolute Gasteiger partial charge is 0.434 e. The van der Waals surface area contributed by atoms with Gasteiger partial charge in [0.25, 0.3) is 5.91 Å². The number of carbonyl (C=O) groups is 4. The first kappa shape index (κ1) is 24.8. The van der Waals surface area contributed by atoms with Crippen molar-refractivity contribution in [2.24, 2.45) is 0 Å². The average Bonchev–Trinajstić information content (AvgIpc) is 3.07. The number of nitrogens with zero attached hydrogens (tertiary/aromatic N) is 5. The normalized spacial score (nSPS) is 21.3. The Morgan fingerprint density at radius 1 is 0.914 bits per heavy atom. The Bertz CT molecular complexity index is 957. The Labute approximate surface area is 205 Å². The van der Waals surface area contributed by atoms with E-state index < -0.39 is 35.8 Å². The van der Waals surface area contributed by atoms with Gasteiger partial charge in [0.2, 0.25) is 0 Å². The quantitative estimate of drug-likeness (QED) is 0.597. The predicted octanol–water partition coefficient (Wildman–Crippen LogP) is 1.78. The molecule has 35 heavy (non-hydrogen) atoms. The Morgan fingerprint density at radius 3 is 2.23 bits per heavy atom. The van der Waals surface area contributed by atoms with Gasteiger partial charge < -0.3 is 24.3 Å². The second kappa shape index (κ2) is 10.1. The van der Waals surface area contributed by atoms with Crippen molar-refractivity contribution in [3.63, 3.8) is 0 Å². The summed E-state index contributed by atoms with van der Waals surface area (Å²) in [7, 11) is 0. The average molecular weight is 488 g/mol. The third kappa shape index (κ3) is 5.84. The van der Waals surface area contributed by atoms with Crippen LogP contribution in [0.4, 0.5) is 14.4 Å². The van der Waals surface area contributed by atoms with E-state index in [0.717, 1.165) is 13.0 Å². The molecule has 1 unspecified atom stereocenters.